The van der Waals surface area contributed by atoms with Crippen LogP contribution in [0.2, 0.25) is 0 Å². The van der Waals surface area contributed by atoms with Crippen LogP contribution in [-0.2, 0) is 6.18 Å². The highest BCUT2D eigenvalue weighted by Crippen LogP contribution is 2.32. The zero-order valence-electron chi connectivity index (χ0n) is 7.43. The largest absolute Gasteiger partial charge is 0.416 e. The summed E-state index contributed by atoms with van der Waals surface area (Å²) in [5, 5.41) is 2.41. The van der Waals surface area contributed by atoms with E-state index in [-0.39, 0.29) is 16.5 Å². The van der Waals surface area contributed by atoms with Gasteiger partial charge >= 0.3 is 6.18 Å². The van der Waals surface area contributed by atoms with Gasteiger partial charge in [-0.25, -0.2) is 0 Å². The van der Waals surface area contributed by atoms with Gasteiger partial charge in [-0.1, -0.05) is 0 Å². The lowest BCUT2D eigenvalue weighted by molar-refractivity contribution is -0.137. The van der Waals surface area contributed by atoms with Gasteiger partial charge < -0.3 is 16.8 Å². The standard InChI is InChI=1S/C8H8F3N3S/c9-8(10,11)4-1-2-6(5(12)3-4)14-7(13)15/h1-3H,12H2,(H3,13,14,15). The monoisotopic (exact) mass is 235 g/mol. The van der Waals surface area contributed by atoms with E-state index in [2.05, 4.69) is 17.5 Å². The molecule has 0 heterocycles. The molecule has 0 atom stereocenters. The fourth-order valence-corrected chi connectivity index (χ4v) is 1.10. The Hall–Kier alpha value is -1.50. The molecule has 0 amide bonds. The first-order valence-electron chi connectivity index (χ1n) is 3.84. The minimum Gasteiger partial charge on any atom is -0.397 e. The quantitative estimate of drug-likeness (QED) is 0.514. The van der Waals surface area contributed by atoms with Crippen molar-refractivity contribution in [3.8, 4) is 0 Å². The lowest BCUT2D eigenvalue weighted by Crippen LogP contribution is -2.20. The predicted molar refractivity (Wildman–Crippen MR) is 56.3 cm³/mol. The number of nitrogens with two attached hydrogens (primary N) is 2. The first-order chi connectivity index (χ1) is 6.80. The van der Waals surface area contributed by atoms with Crippen LogP contribution in [0.5, 0.6) is 0 Å². The van der Waals surface area contributed by atoms with Crippen molar-refractivity contribution in [2.45, 2.75) is 6.18 Å². The Bertz CT molecular complexity index is 389. The second-order valence-electron chi connectivity index (χ2n) is 2.79. The molecule has 0 bridgehead atoms. The van der Waals surface area contributed by atoms with Crippen molar-refractivity contribution in [2.24, 2.45) is 5.73 Å². The molecular formula is C8H8F3N3S. The maximum Gasteiger partial charge on any atom is 0.416 e. The average Bonchev–Trinajstić information content (AvgIpc) is 2.05. The third-order valence-corrected chi connectivity index (χ3v) is 1.74. The average molecular weight is 235 g/mol. The Labute approximate surface area is 89.2 Å². The molecule has 0 spiro atoms. The number of thiocarbonyl (C=S) groups is 1. The second kappa shape index (κ2) is 3.93. The number of anilines is 2. The second-order valence-corrected chi connectivity index (χ2v) is 3.23. The van der Waals surface area contributed by atoms with E-state index in [1.807, 2.05) is 0 Å². The van der Waals surface area contributed by atoms with E-state index >= 15 is 0 Å². The summed E-state index contributed by atoms with van der Waals surface area (Å²) in [4.78, 5) is 0. The van der Waals surface area contributed by atoms with Crippen molar-refractivity contribution >= 4 is 28.7 Å². The van der Waals surface area contributed by atoms with Crippen LogP contribution in [0, 0.1) is 0 Å². The molecule has 1 aromatic rings. The third kappa shape index (κ3) is 2.98. The molecule has 0 saturated heterocycles. The SMILES string of the molecule is NC(=S)Nc1ccc(C(F)(F)F)cc1N. The Morgan fingerprint density at radius 3 is 2.33 bits per heavy atom. The molecule has 0 aliphatic rings. The molecule has 0 unspecified atom stereocenters. The highest BCUT2D eigenvalue weighted by Gasteiger charge is 2.30. The number of alkyl halides is 3. The molecular weight excluding hydrogens is 227 g/mol. The van der Waals surface area contributed by atoms with E-state index in [0.29, 0.717) is 0 Å². The summed E-state index contributed by atoms with van der Waals surface area (Å²) in [5.41, 5.74) is 9.94. The van der Waals surface area contributed by atoms with Gasteiger partial charge in [-0.2, -0.15) is 13.2 Å². The van der Waals surface area contributed by atoms with E-state index in [1.165, 1.54) is 6.07 Å². The number of benzene rings is 1. The van der Waals surface area contributed by atoms with Gasteiger partial charge in [-0.05, 0) is 30.4 Å². The molecule has 15 heavy (non-hydrogen) atoms. The van der Waals surface area contributed by atoms with Crippen LogP contribution in [-0.4, -0.2) is 5.11 Å². The van der Waals surface area contributed by atoms with Crippen LogP contribution in [0.1, 0.15) is 5.56 Å². The van der Waals surface area contributed by atoms with Crippen molar-refractivity contribution in [1.82, 2.24) is 0 Å². The van der Waals surface area contributed by atoms with Crippen LogP contribution in [0.25, 0.3) is 0 Å². The van der Waals surface area contributed by atoms with Gasteiger partial charge in [0, 0.05) is 0 Å². The maximum atomic E-state index is 12.2. The van der Waals surface area contributed by atoms with Gasteiger partial charge in [0.05, 0.1) is 16.9 Å². The van der Waals surface area contributed by atoms with E-state index in [9.17, 15) is 13.2 Å². The zero-order chi connectivity index (χ0) is 11.6. The summed E-state index contributed by atoms with van der Waals surface area (Å²) in [7, 11) is 0. The summed E-state index contributed by atoms with van der Waals surface area (Å²) in [6, 6.07) is 2.90. The van der Waals surface area contributed by atoms with Crippen LogP contribution in [0.3, 0.4) is 0 Å². The number of hydrogen-bond donors (Lipinski definition) is 3. The highest BCUT2D eigenvalue weighted by atomic mass is 32.1. The number of nitrogens with one attached hydrogen (secondary N) is 1. The minimum atomic E-state index is -4.41. The molecule has 0 aliphatic carbocycles. The normalized spacial score (nSPS) is 11.1. The number of hydrogen-bond acceptors (Lipinski definition) is 2. The fraction of sp³-hybridized carbons (Fsp3) is 0.125. The molecule has 0 saturated carbocycles. The van der Waals surface area contributed by atoms with Crippen LogP contribution >= 0.6 is 12.2 Å². The summed E-state index contributed by atoms with van der Waals surface area (Å²) in [6.07, 6.45) is -4.41. The summed E-state index contributed by atoms with van der Waals surface area (Å²) >= 11 is 4.53. The van der Waals surface area contributed by atoms with Gasteiger partial charge in [0.15, 0.2) is 5.11 Å². The van der Waals surface area contributed by atoms with E-state index in [0.717, 1.165) is 12.1 Å². The van der Waals surface area contributed by atoms with E-state index < -0.39 is 11.7 Å². The molecule has 0 aromatic heterocycles. The molecule has 0 aliphatic heterocycles. The predicted octanol–water partition coefficient (Wildman–Crippen LogP) is 1.94. The molecule has 0 radical (unpaired) electrons. The highest BCUT2D eigenvalue weighted by molar-refractivity contribution is 7.80. The van der Waals surface area contributed by atoms with E-state index in [1.54, 1.807) is 0 Å². The van der Waals surface area contributed by atoms with Crippen molar-refractivity contribution in [3.05, 3.63) is 23.8 Å². The molecule has 0 fully saturated rings. The van der Waals surface area contributed by atoms with Crippen molar-refractivity contribution < 1.29 is 13.2 Å². The van der Waals surface area contributed by atoms with Crippen molar-refractivity contribution in [1.29, 1.82) is 0 Å². The van der Waals surface area contributed by atoms with Crippen LogP contribution in [0.4, 0.5) is 24.5 Å². The summed E-state index contributed by atoms with van der Waals surface area (Å²) in [5.74, 6) is 0. The Kier molecular flexibility index (Phi) is 3.04. The first kappa shape index (κ1) is 11.6. The van der Waals surface area contributed by atoms with E-state index in [4.69, 9.17) is 11.5 Å². The molecule has 82 valence electrons. The minimum absolute atomic E-state index is 0.0542. The van der Waals surface area contributed by atoms with Crippen LogP contribution < -0.4 is 16.8 Å². The molecule has 1 rings (SSSR count). The number of nitrogen functional groups attached to an aromatic ring is 1. The van der Waals surface area contributed by atoms with Gasteiger partial charge in [0.2, 0.25) is 0 Å². The zero-order valence-corrected chi connectivity index (χ0v) is 8.25. The van der Waals surface area contributed by atoms with Crippen LogP contribution in [0.15, 0.2) is 18.2 Å². The lowest BCUT2D eigenvalue weighted by atomic mass is 10.1. The Morgan fingerprint density at radius 2 is 1.93 bits per heavy atom. The van der Waals surface area contributed by atoms with Gasteiger partial charge in [0.1, 0.15) is 0 Å². The van der Waals surface area contributed by atoms with Gasteiger partial charge in [-0.3, -0.25) is 0 Å². The molecule has 5 N–H and O–H groups in total. The topological polar surface area (TPSA) is 64.1 Å². The van der Waals surface area contributed by atoms with Crippen molar-refractivity contribution in [2.75, 3.05) is 11.1 Å². The third-order valence-electron chi connectivity index (χ3n) is 1.64. The van der Waals surface area contributed by atoms with Gasteiger partial charge in [0.25, 0.3) is 0 Å². The molecule has 7 heteroatoms. The maximum absolute atomic E-state index is 12.2. The number of rotatable bonds is 1. The smallest absolute Gasteiger partial charge is 0.397 e. The first-order valence-corrected chi connectivity index (χ1v) is 4.24. The Morgan fingerprint density at radius 1 is 1.33 bits per heavy atom. The Balaban J connectivity index is 3.03. The number of halogens is 3. The fourth-order valence-electron chi connectivity index (χ4n) is 0.986. The van der Waals surface area contributed by atoms with Crippen molar-refractivity contribution in [3.63, 3.8) is 0 Å². The van der Waals surface area contributed by atoms with Gasteiger partial charge in [-0.15, -0.1) is 0 Å². The molecule has 3 nitrogen and oxygen atoms in total. The molecule has 1 aromatic carbocycles. The summed E-state index contributed by atoms with van der Waals surface area (Å²) in [6.45, 7) is 0. The lowest BCUT2D eigenvalue weighted by Gasteiger charge is -2.11. The summed E-state index contributed by atoms with van der Waals surface area (Å²) < 4.78 is 36.7.